The Morgan fingerprint density at radius 2 is 0.514 bits per heavy atom. The van der Waals surface area contributed by atoms with Gasteiger partial charge in [-0.1, -0.05) is 0 Å². The van der Waals surface area contributed by atoms with Crippen molar-refractivity contribution >= 4 is 30.4 Å². The van der Waals surface area contributed by atoms with E-state index in [1.807, 2.05) is 0 Å². The third-order valence-corrected chi connectivity index (χ3v) is 16.5. The van der Waals surface area contributed by atoms with Gasteiger partial charge in [-0.05, 0) is 61.8 Å². The van der Waals surface area contributed by atoms with E-state index in [1.165, 1.54) is 0 Å². The normalized spacial score (nSPS) is 13.8. The Kier molecular flexibility index (Phi) is 17.5. The van der Waals surface area contributed by atoms with Gasteiger partial charge in [0.1, 0.15) is 0 Å². The molecule has 12 nitrogen and oxygen atoms in total. The molecule has 0 aliphatic carbocycles. The zero-order chi connectivity index (χ0) is 27.2. The molecule has 0 saturated heterocycles. The van der Waals surface area contributed by atoms with Crippen LogP contribution in [0.5, 0.6) is 0 Å². The fourth-order valence-corrected chi connectivity index (χ4v) is 14.8. The zero-order valence-corrected chi connectivity index (χ0v) is 25.8. The van der Waals surface area contributed by atoms with Crippen LogP contribution < -0.4 is 0 Å². The summed E-state index contributed by atoms with van der Waals surface area (Å²) in [7, 11) is -17.0. The molecule has 0 heterocycles. The molecule has 0 atom stereocenters. The second kappa shape index (κ2) is 17.2. The minimum absolute atomic E-state index is 0.0557. The van der Waals surface area contributed by atoms with Crippen molar-refractivity contribution in [3.05, 3.63) is 0 Å². The Hall–Kier alpha value is 0.600. The first-order chi connectivity index (χ1) is 16.5. The second-order valence-corrected chi connectivity index (χ2v) is 16.4. The Morgan fingerprint density at radius 1 is 0.371 bits per heavy atom. The maximum Gasteiger partial charge on any atom is 0.345 e. The van der Waals surface area contributed by atoms with Crippen LogP contribution >= 0.6 is 30.4 Å². The summed E-state index contributed by atoms with van der Waals surface area (Å²) >= 11 is 0. The molecular weight excluding hydrogens is 544 g/mol. The molecular formula is C19H44O12P4. The Morgan fingerprint density at radius 3 is 0.629 bits per heavy atom. The molecule has 0 rings (SSSR count). The second-order valence-electron chi connectivity index (χ2n) is 6.70. The maximum absolute atomic E-state index is 14.0. The molecule has 0 fully saturated rings. The van der Waals surface area contributed by atoms with Gasteiger partial charge in [0.15, 0.2) is 10.8 Å². The number of hydrogen-bond acceptors (Lipinski definition) is 12. The monoisotopic (exact) mass is 588 g/mol. The average molecular weight is 588 g/mol. The average Bonchev–Trinajstić information content (AvgIpc) is 2.75. The van der Waals surface area contributed by atoms with Crippen molar-refractivity contribution in [1.29, 1.82) is 0 Å². The first kappa shape index (κ1) is 35.6. The predicted octanol–water partition coefficient (Wildman–Crippen LogP) is 7.09. The molecule has 0 spiro atoms. The van der Waals surface area contributed by atoms with Crippen molar-refractivity contribution in [2.24, 2.45) is 0 Å². The van der Waals surface area contributed by atoms with Crippen molar-refractivity contribution in [3.8, 4) is 0 Å². The molecule has 0 aromatic heterocycles. The van der Waals surface area contributed by atoms with Crippen LogP contribution in [0.3, 0.4) is 0 Å². The molecule has 0 saturated carbocycles. The lowest BCUT2D eigenvalue weighted by Gasteiger charge is -2.36. The van der Waals surface area contributed by atoms with Crippen LogP contribution in [0.2, 0.25) is 0 Å². The van der Waals surface area contributed by atoms with E-state index in [9.17, 15) is 18.3 Å². The van der Waals surface area contributed by atoms with Crippen molar-refractivity contribution in [1.82, 2.24) is 0 Å². The summed E-state index contributed by atoms with van der Waals surface area (Å²) in [6.45, 7) is 12.2. The lowest BCUT2D eigenvalue weighted by molar-refractivity contribution is 0.185. The summed E-state index contributed by atoms with van der Waals surface area (Å²) in [5, 5.41) is -3.24. The minimum atomic E-state index is -4.26. The molecule has 0 N–H and O–H groups in total. The molecule has 0 unspecified atom stereocenters. The first-order valence-electron chi connectivity index (χ1n) is 12.0. The third kappa shape index (κ3) is 10.0. The van der Waals surface area contributed by atoms with Crippen molar-refractivity contribution in [2.75, 3.05) is 52.9 Å². The molecule has 0 aromatic rings. The van der Waals surface area contributed by atoms with Gasteiger partial charge in [0.25, 0.3) is 0 Å². The molecule has 0 aromatic carbocycles. The quantitative estimate of drug-likeness (QED) is 0.119. The minimum Gasteiger partial charge on any atom is -0.308 e. The fourth-order valence-electron chi connectivity index (χ4n) is 3.33. The molecule has 0 aliphatic heterocycles. The van der Waals surface area contributed by atoms with E-state index < -0.39 is 47.6 Å². The van der Waals surface area contributed by atoms with Gasteiger partial charge in [0.05, 0.1) is 52.9 Å². The van der Waals surface area contributed by atoms with E-state index in [2.05, 4.69) is 0 Å². The molecule has 0 amide bonds. The predicted molar refractivity (Wildman–Crippen MR) is 136 cm³/mol. The van der Waals surface area contributed by atoms with Gasteiger partial charge in [0.2, 0.25) is 0 Å². The Bertz CT molecular complexity index is 615. The van der Waals surface area contributed by atoms with Crippen LogP contribution in [0.15, 0.2) is 0 Å². The van der Waals surface area contributed by atoms with E-state index in [4.69, 9.17) is 36.2 Å². The third-order valence-electron chi connectivity index (χ3n) is 4.35. The Balaban J connectivity index is 7.22. The van der Waals surface area contributed by atoms with E-state index in [0.717, 1.165) is 0 Å². The smallest absolute Gasteiger partial charge is 0.308 e. The summed E-state index contributed by atoms with van der Waals surface area (Å²) in [6, 6.07) is 0. The van der Waals surface area contributed by atoms with Gasteiger partial charge in [-0.2, -0.15) is 0 Å². The van der Waals surface area contributed by atoms with Gasteiger partial charge >= 0.3 is 30.4 Å². The highest BCUT2D eigenvalue weighted by molar-refractivity contribution is 7.74. The topological polar surface area (TPSA) is 142 Å². The highest BCUT2D eigenvalue weighted by Gasteiger charge is 2.59. The SMILES string of the molecule is CCOP(=O)(OCC)C(CC(P(=O)(OCC)OCC)P(=O)(OCC)OCC)P(=O)(OCC)OCC. The molecule has 0 aliphatic rings. The largest absolute Gasteiger partial charge is 0.345 e. The Labute approximate surface area is 210 Å². The summed E-state index contributed by atoms with van der Waals surface area (Å²) < 4.78 is 100. The summed E-state index contributed by atoms with van der Waals surface area (Å²) in [5.74, 6) is 0. The van der Waals surface area contributed by atoms with Crippen LogP contribution in [-0.4, -0.2) is 63.7 Å². The van der Waals surface area contributed by atoms with E-state index in [-0.39, 0.29) is 52.9 Å². The van der Waals surface area contributed by atoms with Gasteiger partial charge in [-0.25, -0.2) is 0 Å². The van der Waals surface area contributed by atoms with Crippen LogP contribution in [-0.2, 0) is 54.5 Å². The van der Waals surface area contributed by atoms with Gasteiger partial charge < -0.3 is 36.2 Å². The molecule has 0 radical (unpaired) electrons. The van der Waals surface area contributed by atoms with Crippen LogP contribution in [0, 0.1) is 0 Å². The van der Waals surface area contributed by atoms with Gasteiger partial charge in [-0.3, -0.25) is 18.3 Å². The van der Waals surface area contributed by atoms with Crippen LogP contribution in [0.4, 0.5) is 0 Å². The number of rotatable bonds is 22. The first-order valence-corrected chi connectivity index (χ1v) is 18.5. The van der Waals surface area contributed by atoms with Crippen LogP contribution in [0.25, 0.3) is 0 Å². The maximum atomic E-state index is 14.0. The summed E-state index contributed by atoms with van der Waals surface area (Å²) in [5.41, 5.74) is 0. The van der Waals surface area contributed by atoms with E-state index >= 15 is 0 Å². The summed E-state index contributed by atoms with van der Waals surface area (Å²) in [4.78, 5) is 0. The van der Waals surface area contributed by atoms with Gasteiger partial charge in [0, 0.05) is 0 Å². The van der Waals surface area contributed by atoms with Crippen molar-refractivity contribution in [2.45, 2.75) is 72.6 Å². The summed E-state index contributed by atoms with van der Waals surface area (Å²) in [6.07, 6.45) is -0.594. The molecule has 35 heavy (non-hydrogen) atoms. The highest BCUT2D eigenvalue weighted by atomic mass is 31.2. The van der Waals surface area contributed by atoms with Crippen molar-refractivity contribution < 1.29 is 54.5 Å². The standard InChI is InChI=1S/C19H44O12P4/c1-9-24-32(20,25-10-2)18(33(21,26-11-3)27-12-4)17-19(34(22,28-13-5)29-14-6)35(23,30-15-7)31-16-8/h18-19H,9-17H2,1-8H3. The molecule has 212 valence electrons. The lowest BCUT2D eigenvalue weighted by atomic mass is 10.5. The van der Waals surface area contributed by atoms with E-state index in [1.54, 1.807) is 55.4 Å². The van der Waals surface area contributed by atoms with Crippen molar-refractivity contribution in [3.63, 3.8) is 0 Å². The molecule has 0 bridgehead atoms. The lowest BCUT2D eigenvalue weighted by Crippen LogP contribution is -2.26. The highest BCUT2D eigenvalue weighted by Crippen LogP contribution is 2.78. The fraction of sp³-hybridized carbons (Fsp3) is 1.00. The van der Waals surface area contributed by atoms with Gasteiger partial charge in [-0.15, -0.1) is 0 Å². The van der Waals surface area contributed by atoms with Crippen LogP contribution in [0.1, 0.15) is 61.8 Å². The zero-order valence-electron chi connectivity index (χ0n) is 22.2. The van der Waals surface area contributed by atoms with E-state index in [0.29, 0.717) is 0 Å². The number of hydrogen-bond donors (Lipinski definition) is 0. The molecule has 16 heteroatoms.